The van der Waals surface area contributed by atoms with Crippen molar-refractivity contribution in [2.75, 3.05) is 17.1 Å². The number of anilines is 1. The fourth-order valence-corrected chi connectivity index (χ4v) is 5.55. The molecule has 0 saturated heterocycles. The van der Waals surface area contributed by atoms with Gasteiger partial charge in [0.15, 0.2) is 0 Å². The lowest BCUT2D eigenvalue weighted by molar-refractivity contribution is -0.139. The van der Waals surface area contributed by atoms with Crippen LogP contribution in [-0.2, 0) is 26.2 Å². The van der Waals surface area contributed by atoms with Gasteiger partial charge in [-0.05, 0) is 61.1 Å². The van der Waals surface area contributed by atoms with E-state index in [4.69, 9.17) is 11.6 Å². The molecule has 3 rings (SSSR count). The maximum absolute atomic E-state index is 13.7. The molecule has 37 heavy (non-hydrogen) atoms. The topological polar surface area (TPSA) is 86.8 Å². The van der Waals surface area contributed by atoms with Crippen LogP contribution < -0.4 is 9.62 Å². The number of amides is 2. The first-order valence-electron chi connectivity index (χ1n) is 12.9. The molecule has 2 amide bonds. The highest BCUT2D eigenvalue weighted by Gasteiger charge is 2.31. The molecule has 0 radical (unpaired) electrons. The summed E-state index contributed by atoms with van der Waals surface area (Å²) in [5.74, 6) is -0.401. The van der Waals surface area contributed by atoms with Crippen LogP contribution in [0.15, 0.2) is 48.5 Å². The number of carbonyl (C=O) groups excluding carboxylic acids is 2. The first-order valence-corrected chi connectivity index (χ1v) is 15.1. The summed E-state index contributed by atoms with van der Waals surface area (Å²) in [5, 5.41) is 3.66. The molecule has 0 heterocycles. The van der Waals surface area contributed by atoms with E-state index in [1.807, 2.05) is 12.1 Å². The van der Waals surface area contributed by atoms with Crippen molar-refractivity contribution in [3.05, 3.63) is 64.7 Å². The van der Waals surface area contributed by atoms with E-state index in [-0.39, 0.29) is 18.5 Å². The monoisotopic (exact) mass is 547 g/mol. The fourth-order valence-electron chi connectivity index (χ4n) is 4.58. The average Bonchev–Trinajstić information content (AvgIpc) is 2.86. The highest BCUT2D eigenvalue weighted by molar-refractivity contribution is 7.92. The minimum Gasteiger partial charge on any atom is -0.352 e. The quantitative estimate of drug-likeness (QED) is 0.448. The predicted molar refractivity (Wildman–Crippen MR) is 149 cm³/mol. The van der Waals surface area contributed by atoms with Gasteiger partial charge >= 0.3 is 0 Å². The van der Waals surface area contributed by atoms with Gasteiger partial charge in [-0.3, -0.25) is 13.9 Å². The fraction of sp³-hybridized carbons (Fsp3) is 0.500. The van der Waals surface area contributed by atoms with Gasteiger partial charge in [0.2, 0.25) is 21.8 Å². The lowest BCUT2D eigenvalue weighted by atomic mass is 9.95. The Morgan fingerprint density at radius 3 is 2.11 bits per heavy atom. The molecule has 0 aliphatic heterocycles. The van der Waals surface area contributed by atoms with Crippen LogP contribution in [0.1, 0.15) is 69.9 Å². The summed E-state index contributed by atoms with van der Waals surface area (Å²) in [7, 11) is -3.76. The van der Waals surface area contributed by atoms with Crippen LogP contribution in [0.5, 0.6) is 0 Å². The number of benzene rings is 2. The Kier molecular flexibility index (Phi) is 10.0. The Balaban J connectivity index is 1.86. The molecule has 202 valence electrons. The second kappa shape index (κ2) is 12.8. The van der Waals surface area contributed by atoms with Crippen LogP contribution in [0.3, 0.4) is 0 Å². The Morgan fingerprint density at radius 1 is 0.973 bits per heavy atom. The minimum absolute atomic E-state index is 0.100. The zero-order chi connectivity index (χ0) is 27.2. The van der Waals surface area contributed by atoms with E-state index in [0.717, 1.165) is 47.4 Å². The van der Waals surface area contributed by atoms with E-state index in [9.17, 15) is 18.0 Å². The molecular formula is C28H38ClN3O4S. The molecule has 0 spiro atoms. The molecule has 0 aromatic heterocycles. The number of rotatable bonds is 10. The van der Waals surface area contributed by atoms with Gasteiger partial charge in [0, 0.05) is 17.6 Å². The largest absolute Gasteiger partial charge is 0.352 e. The van der Waals surface area contributed by atoms with Gasteiger partial charge in [-0.2, -0.15) is 0 Å². The first-order chi connectivity index (χ1) is 17.5. The van der Waals surface area contributed by atoms with E-state index in [0.29, 0.717) is 16.6 Å². The molecular weight excluding hydrogens is 510 g/mol. The van der Waals surface area contributed by atoms with Gasteiger partial charge in [0.25, 0.3) is 0 Å². The lowest BCUT2D eigenvalue weighted by Gasteiger charge is -2.33. The molecule has 2 aromatic carbocycles. The van der Waals surface area contributed by atoms with E-state index in [2.05, 4.69) is 19.2 Å². The third-order valence-corrected chi connectivity index (χ3v) is 8.30. The number of halogens is 1. The maximum atomic E-state index is 13.7. The highest BCUT2D eigenvalue weighted by Crippen LogP contribution is 2.23. The van der Waals surface area contributed by atoms with Crippen molar-refractivity contribution in [2.45, 2.75) is 77.4 Å². The van der Waals surface area contributed by atoms with Gasteiger partial charge in [0.1, 0.15) is 12.6 Å². The van der Waals surface area contributed by atoms with Crippen molar-refractivity contribution in [3.8, 4) is 0 Å². The number of sulfonamides is 1. The van der Waals surface area contributed by atoms with Gasteiger partial charge in [0.05, 0.1) is 11.9 Å². The SMILES string of the molecule is CC(C)c1ccc(N(CC(=O)N(Cc2ccc(Cl)cc2)C(C)C(=O)NC2CCCCC2)S(C)(=O)=O)cc1. The normalized spacial score (nSPS) is 15.3. The minimum atomic E-state index is -3.76. The molecule has 2 aromatic rings. The summed E-state index contributed by atoms with van der Waals surface area (Å²) < 4.78 is 26.6. The Morgan fingerprint density at radius 2 is 1.57 bits per heavy atom. The van der Waals surface area contributed by atoms with Crippen molar-refractivity contribution in [2.24, 2.45) is 0 Å². The van der Waals surface area contributed by atoms with Crippen LogP contribution in [0.25, 0.3) is 0 Å². The molecule has 1 atom stereocenters. The van der Waals surface area contributed by atoms with E-state index in [1.54, 1.807) is 43.3 Å². The summed E-state index contributed by atoms with van der Waals surface area (Å²) in [5.41, 5.74) is 2.27. The van der Waals surface area contributed by atoms with E-state index >= 15 is 0 Å². The molecule has 1 saturated carbocycles. The molecule has 9 heteroatoms. The molecule has 1 aliphatic rings. The lowest BCUT2D eigenvalue weighted by Crippen LogP contribution is -2.52. The molecule has 1 unspecified atom stereocenters. The Hall–Kier alpha value is -2.58. The first kappa shape index (κ1) is 29.0. The van der Waals surface area contributed by atoms with Gasteiger partial charge in [-0.1, -0.05) is 69.0 Å². The van der Waals surface area contributed by atoms with E-state index in [1.165, 1.54) is 11.3 Å². The summed E-state index contributed by atoms with van der Waals surface area (Å²) in [6.07, 6.45) is 6.26. The summed E-state index contributed by atoms with van der Waals surface area (Å²) in [6, 6.07) is 13.5. The molecule has 0 bridgehead atoms. The van der Waals surface area contributed by atoms with Gasteiger partial charge < -0.3 is 10.2 Å². The highest BCUT2D eigenvalue weighted by atomic mass is 35.5. The molecule has 1 N–H and O–H groups in total. The summed E-state index contributed by atoms with van der Waals surface area (Å²) >= 11 is 6.03. The summed E-state index contributed by atoms with van der Waals surface area (Å²) in [4.78, 5) is 28.3. The standard InChI is InChI=1S/C28H38ClN3O4S/c1-20(2)23-12-16-26(17-13-23)32(37(4,35)36)19-27(33)31(18-22-10-14-24(29)15-11-22)21(3)28(34)30-25-8-6-5-7-9-25/h10-17,20-21,25H,5-9,18-19H2,1-4H3,(H,30,34). The zero-order valence-electron chi connectivity index (χ0n) is 22.1. The van der Waals surface area contributed by atoms with Crippen LogP contribution in [0.2, 0.25) is 5.02 Å². The number of carbonyl (C=O) groups is 2. The maximum Gasteiger partial charge on any atom is 0.244 e. The van der Waals surface area contributed by atoms with Crippen LogP contribution >= 0.6 is 11.6 Å². The van der Waals surface area contributed by atoms with Crippen LogP contribution in [-0.4, -0.2) is 50.0 Å². The number of nitrogens with one attached hydrogen (secondary N) is 1. The van der Waals surface area contributed by atoms with Crippen LogP contribution in [0.4, 0.5) is 5.69 Å². The zero-order valence-corrected chi connectivity index (χ0v) is 23.7. The van der Waals surface area contributed by atoms with Crippen molar-refractivity contribution in [3.63, 3.8) is 0 Å². The Bertz CT molecular complexity index is 1160. The number of nitrogens with zero attached hydrogens (tertiary/aromatic N) is 2. The third kappa shape index (κ3) is 8.20. The molecule has 7 nitrogen and oxygen atoms in total. The van der Waals surface area contributed by atoms with Crippen molar-refractivity contribution < 1.29 is 18.0 Å². The number of hydrogen-bond donors (Lipinski definition) is 1. The van der Waals surface area contributed by atoms with Crippen LogP contribution in [0, 0.1) is 0 Å². The second-order valence-electron chi connectivity index (χ2n) is 10.2. The number of hydrogen-bond acceptors (Lipinski definition) is 4. The summed E-state index contributed by atoms with van der Waals surface area (Å²) in [6.45, 7) is 5.55. The molecule has 1 fully saturated rings. The molecule has 1 aliphatic carbocycles. The Labute approximate surface area is 226 Å². The van der Waals surface area contributed by atoms with Gasteiger partial charge in [-0.25, -0.2) is 8.42 Å². The van der Waals surface area contributed by atoms with E-state index < -0.39 is 28.5 Å². The van der Waals surface area contributed by atoms with Crippen molar-refractivity contribution in [1.29, 1.82) is 0 Å². The van der Waals surface area contributed by atoms with Crippen molar-refractivity contribution in [1.82, 2.24) is 10.2 Å². The average molecular weight is 548 g/mol. The van der Waals surface area contributed by atoms with Crippen molar-refractivity contribution >= 4 is 39.1 Å². The van der Waals surface area contributed by atoms with Gasteiger partial charge in [-0.15, -0.1) is 0 Å². The smallest absolute Gasteiger partial charge is 0.244 e. The predicted octanol–water partition coefficient (Wildman–Crippen LogP) is 5.10. The third-order valence-electron chi connectivity index (χ3n) is 6.91. The second-order valence-corrected chi connectivity index (χ2v) is 12.5.